The summed E-state index contributed by atoms with van der Waals surface area (Å²) < 4.78 is 5.18. The molecule has 132 valence electrons. The number of carbonyl (C=O) groups is 1. The maximum absolute atomic E-state index is 12.0. The highest BCUT2D eigenvalue weighted by atomic mass is 16.5. The SMILES string of the molecule is CCCCCc1cnc(OC(=O)C=CC(CC)c2ccccc2)nc1. The number of aryl methyl sites for hydroxylation is 1. The molecule has 2 rings (SSSR count). The number of allylic oxidation sites excluding steroid dienone is 1. The van der Waals surface area contributed by atoms with Gasteiger partial charge in [0, 0.05) is 24.4 Å². The van der Waals surface area contributed by atoms with E-state index in [0.717, 1.165) is 24.8 Å². The Balaban J connectivity index is 1.88. The molecule has 0 aliphatic heterocycles. The minimum Gasteiger partial charge on any atom is -0.388 e. The van der Waals surface area contributed by atoms with E-state index >= 15 is 0 Å². The Kier molecular flexibility index (Phi) is 7.83. The van der Waals surface area contributed by atoms with Gasteiger partial charge < -0.3 is 4.74 Å². The van der Waals surface area contributed by atoms with Crippen molar-refractivity contribution in [1.29, 1.82) is 0 Å². The molecule has 0 bridgehead atoms. The number of hydrogen-bond donors (Lipinski definition) is 0. The number of ether oxygens (including phenoxy) is 1. The Bertz CT molecular complexity index is 666. The summed E-state index contributed by atoms with van der Waals surface area (Å²) in [5.41, 5.74) is 2.25. The van der Waals surface area contributed by atoms with Crippen LogP contribution in [0.2, 0.25) is 0 Å². The number of nitrogens with zero attached hydrogens (tertiary/aromatic N) is 2. The molecule has 1 aromatic heterocycles. The van der Waals surface area contributed by atoms with E-state index in [2.05, 4.69) is 35.9 Å². The molecular formula is C21H26N2O2. The standard InChI is InChI=1S/C21H26N2O2/c1-3-5-7-10-17-15-22-21(23-16-17)25-20(24)14-13-18(4-2)19-11-8-6-9-12-19/h6,8-9,11-16,18H,3-5,7,10H2,1-2H3. The summed E-state index contributed by atoms with van der Waals surface area (Å²) in [6, 6.07) is 10.2. The first-order valence-corrected chi connectivity index (χ1v) is 8.98. The molecule has 0 N–H and O–H groups in total. The Labute approximate surface area is 150 Å². The van der Waals surface area contributed by atoms with E-state index < -0.39 is 5.97 Å². The number of carbonyl (C=O) groups excluding carboxylic acids is 1. The molecule has 0 amide bonds. The van der Waals surface area contributed by atoms with Gasteiger partial charge in [-0.25, -0.2) is 14.8 Å². The van der Waals surface area contributed by atoms with Crippen LogP contribution in [0.3, 0.4) is 0 Å². The van der Waals surface area contributed by atoms with E-state index in [9.17, 15) is 4.79 Å². The van der Waals surface area contributed by atoms with Crippen LogP contribution in [0, 0.1) is 0 Å². The minimum absolute atomic E-state index is 0.0988. The third-order valence-electron chi connectivity index (χ3n) is 4.07. The first-order valence-electron chi connectivity index (χ1n) is 8.98. The Morgan fingerprint density at radius 2 is 1.84 bits per heavy atom. The third-order valence-corrected chi connectivity index (χ3v) is 4.07. The number of unbranched alkanes of at least 4 members (excludes halogenated alkanes) is 2. The Hall–Kier alpha value is -2.49. The molecule has 1 unspecified atom stereocenters. The molecule has 1 atom stereocenters. The summed E-state index contributed by atoms with van der Waals surface area (Å²) >= 11 is 0. The van der Waals surface area contributed by atoms with Gasteiger partial charge in [-0.2, -0.15) is 0 Å². The summed E-state index contributed by atoms with van der Waals surface area (Å²) in [4.78, 5) is 20.2. The highest BCUT2D eigenvalue weighted by Gasteiger charge is 2.08. The molecular weight excluding hydrogens is 312 g/mol. The number of hydrogen-bond acceptors (Lipinski definition) is 4. The number of esters is 1. The molecule has 0 saturated carbocycles. The van der Waals surface area contributed by atoms with Crippen molar-refractivity contribution in [3.05, 3.63) is 66.0 Å². The normalized spacial score (nSPS) is 12.2. The van der Waals surface area contributed by atoms with Crippen LogP contribution in [0.5, 0.6) is 6.01 Å². The fourth-order valence-corrected chi connectivity index (χ4v) is 2.61. The van der Waals surface area contributed by atoms with E-state index in [0.29, 0.717) is 0 Å². The van der Waals surface area contributed by atoms with Gasteiger partial charge in [0.1, 0.15) is 0 Å². The summed E-state index contributed by atoms with van der Waals surface area (Å²) in [6.07, 6.45) is 12.2. The van der Waals surface area contributed by atoms with Crippen LogP contribution >= 0.6 is 0 Å². The van der Waals surface area contributed by atoms with Crippen molar-refractivity contribution in [3.63, 3.8) is 0 Å². The quantitative estimate of drug-likeness (QED) is 0.372. The first-order chi connectivity index (χ1) is 12.2. The molecule has 1 heterocycles. The van der Waals surface area contributed by atoms with Crippen LogP contribution in [0.25, 0.3) is 0 Å². The minimum atomic E-state index is -0.451. The first kappa shape index (κ1) is 18.8. The predicted octanol–water partition coefficient (Wildman–Crippen LogP) is 4.86. The number of rotatable bonds is 9. The van der Waals surface area contributed by atoms with Crippen LogP contribution < -0.4 is 4.74 Å². The van der Waals surface area contributed by atoms with E-state index in [1.807, 2.05) is 24.3 Å². The van der Waals surface area contributed by atoms with Crippen LogP contribution in [0.4, 0.5) is 0 Å². The lowest BCUT2D eigenvalue weighted by atomic mass is 9.96. The third kappa shape index (κ3) is 6.49. The van der Waals surface area contributed by atoms with Crippen molar-refractivity contribution >= 4 is 5.97 Å². The zero-order valence-corrected chi connectivity index (χ0v) is 15.0. The van der Waals surface area contributed by atoms with Crippen molar-refractivity contribution in [1.82, 2.24) is 9.97 Å². The second-order valence-electron chi connectivity index (χ2n) is 6.04. The van der Waals surface area contributed by atoms with Gasteiger partial charge in [0.25, 0.3) is 0 Å². The van der Waals surface area contributed by atoms with E-state index in [1.54, 1.807) is 12.4 Å². The number of benzene rings is 1. The molecule has 1 aromatic carbocycles. The second kappa shape index (κ2) is 10.4. The van der Waals surface area contributed by atoms with Crippen LogP contribution in [0.15, 0.2) is 54.9 Å². The lowest BCUT2D eigenvalue weighted by Gasteiger charge is -2.09. The van der Waals surface area contributed by atoms with E-state index in [1.165, 1.54) is 24.5 Å². The molecule has 0 aliphatic carbocycles. The lowest BCUT2D eigenvalue weighted by molar-refractivity contribution is -0.129. The maximum atomic E-state index is 12.0. The Morgan fingerprint density at radius 1 is 1.12 bits per heavy atom. The zero-order chi connectivity index (χ0) is 17.9. The van der Waals surface area contributed by atoms with E-state index in [4.69, 9.17) is 4.74 Å². The van der Waals surface area contributed by atoms with Gasteiger partial charge >= 0.3 is 12.0 Å². The fourth-order valence-electron chi connectivity index (χ4n) is 2.61. The molecule has 4 heteroatoms. The summed E-state index contributed by atoms with van der Waals surface area (Å²) in [6.45, 7) is 4.27. The van der Waals surface area contributed by atoms with E-state index in [-0.39, 0.29) is 11.9 Å². The predicted molar refractivity (Wildman–Crippen MR) is 99.5 cm³/mol. The fraction of sp³-hybridized carbons (Fsp3) is 0.381. The molecule has 4 nitrogen and oxygen atoms in total. The lowest BCUT2D eigenvalue weighted by Crippen LogP contribution is -2.07. The summed E-state index contributed by atoms with van der Waals surface area (Å²) in [5.74, 6) is -0.260. The summed E-state index contributed by atoms with van der Waals surface area (Å²) in [5, 5.41) is 0. The molecule has 0 fully saturated rings. The average Bonchev–Trinajstić information content (AvgIpc) is 2.65. The van der Waals surface area contributed by atoms with Gasteiger partial charge in [-0.1, -0.05) is 63.1 Å². The van der Waals surface area contributed by atoms with Crippen molar-refractivity contribution < 1.29 is 9.53 Å². The highest BCUT2D eigenvalue weighted by Crippen LogP contribution is 2.20. The molecule has 0 radical (unpaired) electrons. The number of aromatic nitrogens is 2. The van der Waals surface area contributed by atoms with Gasteiger partial charge in [0.05, 0.1) is 0 Å². The molecule has 25 heavy (non-hydrogen) atoms. The average molecular weight is 338 g/mol. The second-order valence-corrected chi connectivity index (χ2v) is 6.04. The van der Waals surface area contributed by atoms with Crippen molar-refractivity contribution in [2.24, 2.45) is 0 Å². The van der Waals surface area contributed by atoms with Gasteiger partial charge in [0.15, 0.2) is 0 Å². The highest BCUT2D eigenvalue weighted by molar-refractivity contribution is 5.83. The van der Waals surface area contributed by atoms with Crippen LogP contribution in [-0.2, 0) is 11.2 Å². The smallest absolute Gasteiger partial charge is 0.338 e. The zero-order valence-electron chi connectivity index (χ0n) is 15.0. The van der Waals surface area contributed by atoms with Gasteiger partial charge in [-0.05, 0) is 30.4 Å². The monoisotopic (exact) mass is 338 g/mol. The van der Waals surface area contributed by atoms with Crippen LogP contribution in [0.1, 0.15) is 56.6 Å². The Morgan fingerprint density at radius 3 is 2.48 bits per heavy atom. The van der Waals surface area contributed by atoms with Gasteiger partial charge in [-0.15, -0.1) is 0 Å². The molecule has 0 saturated heterocycles. The largest absolute Gasteiger partial charge is 0.388 e. The molecule has 0 spiro atoms. The molecule has 2 aromatic rings. The van der Waals surface area contributed by atoms with Gasteiger partial charge in [-0.3, -0.25) is 0 Å². The maximum Gasteiger partial charge on any atom is 0.338 e. The van der Waals surface area contributed by atoms with Crippen molar-refractivity contribution in [3.8, 4) is 6.01 Å². The summed E-state index contributed by atoms with van der Waals surface area (Å²) in [7, 11) is 0. The topological polar surface area (TPSA) is 52.1 Å². The molecule has 0 aliphatic rings. The van der Waals surface area contributed by atoms with Gasteiger partial charge in [0.2, 0.25) is 0 Å². The van der Waals surface area contributed by atoms with Crippen molar-refractivity contribution in [2.45, 2.75) is 51.9 Å². The van der Waals surface area contributed by atoms with Crippen molar-refractivity contribution in [2.75, 3.05) is 0 Å². The van der Waals surface area contributed by atoms with Crippen LogP contribution in [-0.4, -0.2) is 15.9 Å².